The molecule has 1 amide bonds. The number of carbonyl (C=O) groups is 1. The molecule has 108 valence electrons. The third-order valence-corrected chi connectivity index (χ3v) is 4.32. The van der Waals surface area contributed by atoms with Crippen LogP contribution < -0.4 is 5.73 Å². The van der Waals surface area contributed by atoms with Gasteiger partial charge in [0.05, 0.1) is 0 Å². The van der Waals surface area contributed by atoms with E-state index in [0.717, 1.165) is 6.42 Å². The van der Waals surface area contributed by atoms with E-state index in [1.54, 1.807) is 19.1 Å². The number of likely N-dealkylation sites (tertiary alicyclic amines) is 1. The smallest absolute Gasteiger partial charge is 0.236 e. The Morgan fingerprint density at radius 3 is 2.16 bits per heavy atom. The van der Waals surface area contributed by atoms with E-state index in [0.29, 0.717) is 25.9 Å². The molecule has 2 rings (SSSR count). The molecule has 0 radical (unpaired) electrons. The maximum Gasteiger partial charge on any atom is 0.236 e. The number of carbonyl (C=O) groups excluding carboxylic acids is 1. The van der Waals surface area contributed by atoms with E-state index < -0.39 is 5.41 Å². The Balaban J connectivity index is 2.12. The van der Waals surface area contributed by atoms with Gasteiger partial charge in [0, 0.05) is 27.3 Å². The molecule has 2 fully saturated rings. The highest BCUT2D eigenvalue weighted by Gasteiger charge is 2.52. The van der Waals surface area contributed by atoms with Crippen LogP contribution in [0.2, 0.25) is 0 Å². The topological polar surface area (TPSA) is 97.4 Å². The van der Waals surface area contributed by atoms with Gasteiger partial charge in [0.15, 0.2) is 5.84 Å². The molecule has 2 atom stereocenters. The molecule has 0 spiro atoms. The molecule has 1 aliphatic carbocycles. The first kappa shape index (κ1) is 14.1. The van der Waals surface area contributed by atoms with Crippen LogP contribution in [0.5, 0.6) is 0 Å². The quantitative estimate of drug-likeness (QED) is 0.319. The number of amides is 1. The number of ether oxygens (including phenoxy) is 2. The molecule has 3 N–H and O–H groups in total. The minimum Gasteiger partial charge on any atom is -0.409 e. The predicted octanol–water partition coefficient (Wildman–Crippen LogP) is -0.225. The third-order valence-electron chi connectivity index (χ3n) is 4.32. The first-order valence-electron chi connectivity index (χ1n) is 6.42. The molecule has 1 aliphatic heterocycles. The van der Waals surface area contributed by atoms with Crippen molar-refractivity contribution in [2.75, 3.05) is 27.3 Å². The first-order valence-corrected chi connectivity index (χ1v) is 6.42. The van der Waals surface area contributed by atoms with Crippen molar-refractivity contribution >= 4 is 11.7 Å². The Morgan fingerprint density at radius 2 is 1.84 bits per heavy atom. The van der Waals surface area contributed by atoms with E-state index >= 15 is 0 Å². The fraction of sp³-hybridized carbons (Fsp3) is 0.833. The monoisotopic (exact) mass is 271 g/mol. The Hall–Kier alpha value is -1.34. The van der Waals surface area contributed by atoms with Gasteiger partial charge in [-0.25, -0.2) is 0 Å². The Bertz CT molecular complexity index is 369. The number of hydrogen-bond donors (Lipinski definition) is 2. The van der Waals surface area contributed by atoms with Crippen molar-refractivity contribution in [1.29, 1.82) is 0 Å². The fourth-order valence-corrected chi connectivity index (χ4v) is 2.87. The lowest BCUT2D eigenvalue weighted by molar-refractivity contribution is -0.141. The van der Waals surface area contributed by atoms with Crippen LogP contribution in [0.1, 0.15) is 19.3 Å². The second kappa shape index (κ2) is 5.34. The minimum atomic E-state index is -0.824. The molecule has 2 unspecified atom stereocenters. The molecule has 2 aliphatic rings. The molecule has 0 bridgehead atoms. The van der Waals surface area contributed by atoms with Crippen LogP contribution in [0.25, 0.3) is 0 Å². The van der Waals surface area contributed by atoms with Crippen LogP contribution in [0.4, 0.5) is 0 Å². The van der Waals surface area contributed by atoms with Crippen molar-refractivity contribution in [3.63, 3.8) is 0 Å². The summed E-state index contributed by atoms with van der Waals surface area (Å²) in [6, 6.07) is 0. The van der Waals surface area contributed by atoms with E-state index in [2.05, 4.69) is 5.16 Å². The van der Waals surface area contributed by atoms with Crippen molar-refractivity contribution < 1.29 is 19.5 Å². The lowest BCUT2D eigenvalue weighted by Crippen LogP contribution is -2.55. The minimum absolute atomic E-state index is 0.0126. The number of rotatable bonds is 4. The molecule has 1 saturated heterocycles. The summed E-state index contributed by atoms with van der Waals surface area (Å²) >= 11 is 0. The third kappa shape index (κ3) is 2.17. The average molecular weight is 271 g/mol. The number of nitrogens with zero attached hydrogens (tertiary/aromatic N) is 2. The molecule has 0 aromatic heterocycles. The maximum absolute atomic E-state index is 12.6. The molecular weight excluding hydrogens is 250 g/mol. The van der Waals surface area contributed by atoms with Gasteiger partial charge in [0.2, 0.25) is 5.91 Å². The second-order valence-electron chi connectivity index (χ2n) is 5.18. The molecule has 7 heteroatoms. The summed E-state index contributed by atoms with van der Waals surface area (Å²) in [5, 5.41) is 11.9. The van der Waals surface area contributed by atoms with Crippen molar-refractivity contribution in [3.8, 4) is 0 Å². The van der Waals surface area contributed by atoms with Crippen LogP contribution in [-0.2, 0) is 14.3 Å². The summed E-state index contributed by atoms with van der Waals surface area (Å²) in [7, 11) is 3.21. The van der Waals surface area contributed by atoms with Crippen LogP contribution in [0, 0.1) is 5.41 Å². The van der Waals surface area contributed by atoms with Crippen LogP contribution in [-0.4, -0.2) is 61.4 Å². The molecule has 19 heavy (non-hydrogen) atoms. The Kier molecular flexibility index (Phi) is 3.96. The van der Waals surface area contributed by atoms with E-state index in [-0.39, 0.29) is 24.0 Å². The molecule has 1 saturated carbocycles. The van der Waals surface area contributed by atoms with Crippen LogP contribution in [0.3, 0.4) is 0 Å². The van der Waals surface area contributed by atoms with Gasteiger partial charge in [0.25, 0.3) is 0 Å². The Morgan fingerprint density at radius 1 is 1.32 bits per heavy atom. The van der Waals surface area contributed by atoms with E-state index in [9.17, 15) is 4.79 Å². The highest BCUT2D eigenvalue weighted by molar-refractivity contribution is 6.07. The van der Waals surface area contributed by atoms with Gasteiger partial charge >= 0.3 is 0 Å². The van der Waals surface area contributed by atoms with E-state index in [1.807, 2.05) is 0 Å². The molecule has 1 heterocycles. The number of nitrogens with two attached hydrogens (primary N) is 1. The summed E-state index contributed by atoms with van der Waals surface area (Å²) in [4.78, 5) is 14.3. The van der Waals surface area contributed by atoms with E-state index in [4.69, 9.17) is 20.4 Å². The summed E-state index contributed by atoms with van der Waals surface area (Å²) < 4.78 is 10.6. The van der Waals surface area contributed by atoms with Gasteiger partial charge in [-0.1, -0.05) is 11.6 Å². The molecular formula is C12H21N3O4. The fourth-order valence-electron chi connectivity index (χ4n) is 2.87. The number of methoxy groups -OCH3 is 2. The van der Waals surface area contributed by atoms with Crippen molar-refractivity contribution in [2.24, 2.45) is 16.3 Å². The van der Waals surface area contributed by atoms with Gasteiger partial charge in [-0.15, -0.1) is 0 Å². The van der Waals surface area contributed by atoms with Crippen molar-refractivity contribution in [1.82, 2.24) is 4.90 Å². The molecule has 7 nitrogen and oxygen atoms in total. The van der Waals surface area contributed by atoms with E-state index in [1.165, 1.54) is 0 Å². The van der Waals surface area contributed by atoms with Gasteiger partial charge in [-0.2, -0.15) is 0 Å². The molecule has 0 aromatic carbocycles. The van der Waals surface area contributed by atoms with Crippen LogP contribution >= 0.6 is 0 Å². The number of hydrogen-bond acceptors (Lipinski definition) is 5. The summed E-state index contributed by atoms with van der Waals surface area (Å²) in [6.45, 7) is 0.961. The highest BCUT2D eigenvalue weighted by atomic mass is 16.5. The van der Waals surface area contributed by atoms with Gasteiger partial charge in [-0.3, -0.25) is 4.79 Å². The maximum atomic E-state index is 12.6. The highest BCUT2D eigenvalue weighted by Crippen LogP contribution is 2.43. The van der Waals surface area contributed by atoms with Gasteiger partial charge in [0.1, 0.15) is 17.6 Å². The zero-order valence-electron chi connectivity index (χ0n) is 11.3. The zero-order chi connectivity index (χ0) is 14.0. The SMILES string of the molecule is COC1CN(C(=O)C2(C(N)=NO)CCC2)CC1OC. The zero-order valence-corrected chi connectivity index (χ0v) is 11.3. The average Bonchev–Trinajstić information content (AvgIpc) is 2.80. The Labute approximate surface area is 112 Å². The van der Waals surface area contributed by atoms with Crippen LogP contribution in [0.15, 0.2) is 5.16 Å². The lowest BCUT2D eigenvalue weighted by Gasteiger charge is -2.41. The second-order valence-corrected chi connectivity index (χ2v) is 5.18. The summed E-state index contributed by atoms with van der Waals surface area (Å²) in [5.41, 5.74) is 4.88. The number of oxime groups is 1. The predicted molar refractivity (Wildman–Crippen MR) is 67.9 cm³/mol. The standard InChI is InChI=1S/C12H21N3O4/c1-18-8-6-15(7-9(8)19-2)11(16)12(4-3-5-12)10(13)14-17/h8-9,17H,3-7H2,1-2H3,(H2,13,14). The number of amidine groups is 1. The largest absolute Gasteiger partial charge is 0.409 e. The van der Waals surface area contributed by atoms with Gasteiger partial charge in [-0.05, 0) is 12.8 Å². The molecule has 0 aromatic rings. The van der Waals surface area contributed by atoms with Gasteiger partial charge < -0.3 is 25.3 Å². The van der Waals surface area contributed by atoms with Crippen molar-refractivity contribution in [2.45, 2.75) is 31.5 Å². The first-order chi connectivity index (χ1) is 9.08. The lowest BCUT2D eigenvalue weighted by atomic mass is 9.67. The van der Waals surface area contributed by atoms with Crippen molar-refractivity contribution in [3.05, 3.63) is 0 Å². The summed E-state index contributed by atoms with van der Waals surface area (Å²) in [5.74, 6) is -0.0748. The summed E-state index contributed by atoms with van der Waals surface area (Å²) in [6.07, 6.45) is 1.93. The normalized spacial score (nSPS) is 30.2.